The molecule has 0 atom stereocenters. The molecule has 1 heterocycles. The molecule has 0 aliphatic carbocycles. The molecule has 5 heteroatoms. The molecular formula is C9H9BrFNO2. The van der Waals surface area contributed by atoms with Crippen LogP contribution in [-0.4, -0.2) is 13.2 Å². The van der Waals surface area contributed by atoms with E-state index in [0.717, 1.165) is 0 Å². The number of hydrogen-bond donors (Lipinski definition) is 1. The maximum Gasteiger partial charge on any atom is 0.176 e. The van der Waals surface area contributed by atoms with E-state index in [1.807, 2.05) is 0 Å². The zero-order valence-corrected chi connectivity index (χ0v) is 8.93. The Bertz CT molecular complexity index is 370. The van der Waals surface area contributed by atoms with Crippen LogP contribution in [0.15, 0.2) is 10.5 Å². The average Bonchev–Trinajstić information content (AvgIpc) is 2.18. The van der Waals surface area contributed by atoms with Gasteiger partial charge in [-0.2, -0.15) is 0 Å². The number of hydrogen-bond acceptors (Lipinski definition) is 3. The summed E-state index contributed by atoms with van der Waals surface area (Å²) < 4.78 is 24.6. The summed E-state index contributed by atoms with van der Waals surface area (Å²) in [6.45, 7) is 1.05. The Hall–Kier alpha value is -0.810. The van der Waals surface area contributed by atoms with Gasteiger partial charge in [0.1, 0.15) is 19.0 Å². The minimum atomic E-state index is -0.372. The Morgan fingerprint density at radius 3 is 2.86 bits per heavy atom. The highest BCUT2D eigenvalue weighted by atomic mass is 79.9. The van der Waals surface area contributed by atoms with Gasteiger partial charge in [-0.25, -0.2) is 4.39 Å². The van der Waals surface area contributed by atoms with E-state index >= 15 is 0 Å². The molecule has 0 unspecified atom stereocenters. The zero-order valence-electron chi connectivity index (χ0n) is 7.35. The third-order valence-electron chi connectivity index (χ3n) is 2.03. The maximum atomic E-state index is 13.4. The van der Waals surface area contributed by atoms with Crippen molar-refractivity contribution in [2.45, 2.75) is 6.54 Å². The largest absolute Gasteiger partial charge is 0.486 e. The molecule has 14 heavy (non-hydrogen) atoms. The van der Waals surface area contributed by atoms with Gasteiger partial charge in [-0.05, 0) is 15.9 Å². The number of nitrogens with two attached hydrogens (primary N) is 1. The van der Waals surface area contributed by atoms with Crippen molar-refractivity contribution in [2.75, 3.05) is 13.2 Å². The Labute approximate surface area is 89.1 Å². The van der Waals surface area contributed by atoms with Crippen LogP contribution >= 0.6 is 15.9 Å². The Balaban J connectivity index is 2.57. The lowest BCUT2D eigenvalue weighted by Crippen LogP contribution is -2.17. The van der Waals surface area contributed by atoms with Gasteiger partial charge in [-0.3, -0.25) is 0 Å². The first kappa shape index (κ1) is 9.73. The fourth-order valence-corrected chi connectivity index (χ4v) is 2.00. The fraction of sp³-hybridized carbons (Fsp3) is 0.333. The molecule has 0 bridgehead atoms. The highest BCUT2D eigenvalue weighted by Crippen LogP contribution is 2.40. The van der Waals surface area contributed by atoms with Gasteiger partial charge in [0, 0.05) is 18.2 Å². The molecule has 0 amide bonds. The van der Waals surface area contributed by atoms with Crippen LogP contribution in [-0.2, 0) is 6.54 Å². The molecule has 1 aliphatic rings. The van der Waals surface area contributed by atoms with Crippen molar-refractivity contribution >= 4 is 15.9 Å². The molecule has 1 aromatic rings. The smallest absolute Gasteiger partial charge is 0.176 e. The van der Waals surface area contributed by atoms with Crippen molar-refractivity contribution in [2.24, 2.45) is 5.73 Å². The van der Waals surface area contributed by atoms with Crippen molar-refractivity contribution in [1.29, 1.82) is 0 Å². The molecule has 0 spiro atoms. The summed E-state index contributed by atoms with van der Waals surface area (Å²) in [5.74, 6) is 0.597. The number of rotatable bonds is 1. The van der Waals surface area contributed by atoms with Gasteiger partial charge in [0.2, 0.25) is 0 Å². The number of ether oxygens (including phenoxy) is 2. The monoisotopic (exact) mass is 261 g/mol. The summed E-state index contributed by atoms with van der Waals surface area (Å²) in [7, 11) is 0. The van der Waals surface area contributed by atoms with Gasteiger partial charge in [0.15, 0.2) is 11.5 Å². The second kappa shape index (κ2) is 3.74. The van der Waals surface area contributed by atoms with Crippen molar-refractivity contribution in [3.8, 4) is 11.5 Å². The van der Waals surface area contributed by atoms with E-state index in [-0.39, 0.29) is 12.4 Å². The standard InChI is InChI=1S/C9H9BrFNO2/c10-8-5(4-12)6(11)3-7-9(8)14-2-1-13-7/h3H,1-2,4,12H2. The summed E-state index contributed by atoms with van der Waals surface area (Å²) >= 11 is 3.25. The lowest BCUT2D eigenvalue weighted by Gasteiger charge is -2.21. The predicted octanol–water partition coefficient (Wildman–Crippen LogP) is 1.82. The first-order valence-electron chi connectivity index (χ1n) is 4.20. The zero-order chi connectivity index (χ0) is 10.1. The molecule has 0 radical (unpaired) electrons. The summed E-state index contributed by atoms with van der Waals surface area (Å²) in [6, 6.07) is 1.31. The number of fused-ring (bicyclic) bond motifs is 1. The molecular weight excluding hydrogens is 253 g/mol. The van der Waals surface area contributed by atoms with E-state index in [1.165, 1.54) is 6.07 Å². The Morgan fingerprint density at radius 1 is 1.43 bits per heavy atom. The molecule has 2 N–H and O–H groups in total. The molecule has 2 rings (SSSR count). The minimum Gasteiger partial charge on any atom is -0.486 e. The number of benzene rings is 1. The van der Waals surface area contributed by atoms with Crippen LogP contribution < -0.4 is 15.2 Å². The molecule has 0 fully saturated rings. The average molecular weight is 262 g/mol. The van der Waals surface area contributed by atoms with Crippen LogP contribution in [0.2, 0.25) is 0 Å². The molecule has 1 aromatic carbocycles. The summed E-state index contributed by atoms with van der Waals surface area (Å²) in [4.78, 5) is 0. The van der Waals surface area contributed by atoms with Crippen molar-refractivity contribution < 1.29 is 13.9 Å². The summed E-state index contributed by atoms with van der Waals surface area (Å²) in [5, 5.41) is 0. The van der Waals surface area contributed by atoms with Gasteiger partial charge >= 0.3 is 0 Å². The molecule has 0 saturated heterocycles. The van der Waals surface area contributed by atoms with Crippen LogP contribution in [0.5, 0.6) is 11.5 Å². The maximum absolute atomic E-state index is 13.4. The van der Waals surface area contributed by atoms with Gasteiger partial charge < -0.3 is 15.2 Å². The lowest BCUT2D eigenvalue weighted by atomic mass is 10.2. The van der Waals surface area contributed by atoms with Crippen molar-refractivity contribution in [3.05, 3.63) is 21.9 Å². The predicted molar refractivity (Wildman–Crippen MR) is 53.0 cm³/mol. The quantitative estimate of drug-likeness (QED) is 0.839. The van der Waals surface area contributed by atoms with E-state index in [1.54, 1.807) is 0 Å². The topological polar surface area (TPSA) is 44.5 Å². The molecule has 1 aliphatic heterocycles. The highest BCUT2D eigenvalue weighted by Gasteiger charge is 2.20. The van der Waals surface area contributed by atoms with Gasteiger partial charge in [0.05, 0.1) is 4.47 Å². The number of halogens is 2. The highest BCUT2D eigenvalue weighted by molar-refractivity contribution is 9.10. The molecule has 3 nitrogen and oxygen atoms in total. The van der Waals surface area contributed by atoms with Gasteiger partial charge in [-0.1, -0.05) is 0 Å². The molecule has 76 valence electrons. The van der Waals surface area contributed by atoms with Crippen LogP contribution in [0, 0.1) is 5.82 Å². The second-order valence-corrected chi connectivity index (χ2v) is 3.67. The van der Waals surface area contributed by atoms with Gasteiger partial charge in [0.25, 0.3) is 0 Å². The third kappa shape index (κ3) is 1.46. The van der Waals surface area contributed by atoms with E-state index < -0.39 is 0 Å². The van der Waals surface area contributed by atoms with Crippen LogP contribution in [0.25, 0.3) is 0 Å². The van der Waals surface area contributed by atoms with Gasteiger partial charge in [-0.15, -0.1) is 0 Å². The Morgan fingerprint density at radius 2 is 2.14 bits per heavy atom. The first-order valence-corrected chi connectivity index (χ1v) is 5.00. The Kier molecular flexibility index (Phi) is 2.60. The molecule has 0 aromatic heterocycles. The van der Waals surface area contributed by atoms with Crippen molar-refractivity contribution in [1.82, 2.24) is 0 Å². The fourth-order valence-electron chi connectivity index (χ4n) is 1.34. The molecule has 0 saturated carbocycles. The van der Waals surface area contributed by atoms with E-state index in [2.05, 4.69) is 15.9 Å². The van der Waals surface area contributed by atoms with Crippen LogP contribution in [0.3, 0.4) is 0 Å². The normalized spacial score (nSPS) is 14.2. The van der Waals surface area contributed by atoms with E-state index in [0.29, 0.717) is 34.7 Å². The van der Waals surface area contributed by atoms with E-state index in [9.17, 15) is 4.39 Å². The summed E-state index contributed by atoms with van der Waals surface area (Å²) in [6.07, 6.45) is 0. The lowest BCUT2D eigenvalue weighted by molar-refractivity contribution is 0.169. The van der Waals surface area contributed by atoms with Crippen molar-refractivity contribution in [3.63, 3.8) is 0 Å². The third-order valence-corrected chi connectivity index (χ3v) is 2.86. The second-order valence-electron chi connectivity index (χ2n) is 2.88. The summed E-state index contributed by atoms with van der Waals surface area (Å²) in [5.41, 5.74) is 5.83. The van der Waals surface area contributed by atoms with E-state index in [4.69, 9.17) is 15.2 Å². The minimum absolute atomic E-state index is 0.128. The first-order chi connectivity index (χ1) is 6.74. The van der Waals surface area contributed by atoms with Crippen LogP contribution in [0.4, 0.5) is 4.39 Å². The van der Waals surface area contributed by atoms with Crippen LogP contribution in [0.1, 0.15) is 5.56 Å². The SMILES string of the molecule is NCc1c(F)cc2c(c1Br)OCCO2.